The van der Waals surface area contributed by atoms with Gasteiger partial charge in [-0.3, -0.25) is 10.1 Å². The number of rotatable bonds is 2. The molecule has 0 saturated heterocycles. The van der Waals surface area contributed by atoms with Crippen LogP contribution in [0.3, 0.4) is 0 Å². The van der Waals surface area contributed by atoms with Crippen LogP contribution in [0.1, 0.15) is 5.69 Å². The number of hydrogen-bond acceptors (Lipinski definition) is 3. The van der Waals surface area contributed by atoms with Crippen molar-refractivity contribution in [3.63, 3.8) is 0 Å². The Balaban J connectivity index is 2.84. The first-order chi connectivity index (χ1) is 4.83. The van der Waals surface area contributed by atoms with Gasteiger partial charge in [-0.2, -0.15) is 0 Å². The van der Waals surface area contributed by atoms with Gasteiger partial charge >= 0.3 is 6.41 Å². The highest BCUT2D eigenvalue weighted by Gasteiger charge is 1.91. The molecule has 1 aromatic rings. The van der Waals surface area contributed by atoms with E-state index in [-0.39, 0.29) is 5.95 Å². The number of aryl methyl sites for hydroxylation is 1. The third kappa shape index (κ3) is 1.51. The number of anilines is 1. The van der Waals surface area contributed by atoms with Crippen molar-refractivity contribution >= 4 is 12.4 Å². The molecular weight excluding hydrogens is 130 g/mol. The highest BCUT2D eigenvalue weighted by molar-refractivity contribution is 5.67. The second-order valence-corrected chi connectivity index (χ2v) is 1.75. The molecule has 0 unspecified atom stereocenters. The van der Waals surface area contributed by atoms with Gasteiger partial charge in [-0.1, -0.05) is 0 Å². The van der Waals surface area contributed by atoms with E-state index in [2.05, 4.69) is 15.3 Å². The van der Waals surface area contributed by atoms with Gasteiger partial charge in [0.2, 0.25) is 5.95 Å². The quantitative estimate of drug-likeness (QED) is 0.593. The Kier molecular flexibility index (Phi) is 1.94. The lowest BCUT2D eigenvalue weighted by Gasteiger charge is -1.94. The maximum absolute atomic E-state index is 9.77. The summed E-state index contributed by atoms with van der Waals surface area (Å²) in [5, 5.41) is 2.22. The molecule has 0 saturated carbocycles. The molecular formula is C6H6N3O. The first-order valence-corrected chi connectivity index (χ1v) is 2.76. The summed E-state index contributed by atoms with van der Waals surface area (Å²) in [5.41, 5.74) is 0.813. The maximum atomic E-state index is 9.77. The molecule has 1 amide bonds. The second-order valence-electron chi connectivity index (χ2n) is 1.75. The fourth-order valence-electron chi connectivity index (χ4n) is 0.555. The maximum Gasteiger partial charge on any atom is 0.316 e. The van der Waals surface area contributed by atoms with Gasteiger partial charge in [0.25, 0.3) is 0 Å². The van der Waals surface area contributed by atoms with E-state index >= 15 is 0 Å². The van der Waals surface area contributed by atoms with Crippen LogP contribution in [-0.2, 0) is 4.79 Å². The zero-order chi connectivity index (χ0) is 7.40. The molecule has 0 atom stereocenters. The van der Waals surface area contributed by atoms with Gasteiger partial charge < -0.3 is 0 Å². The van der Waals surface area contributed by atoms with Gasteiger partial charge in [0.15, 0.2) is 0 Å². The number of nitrogens with zero attached hydrogens (tertiary/aromatic N) is 2. The van der Waals surface area contributed by atoms with Gasteiger partial charge in [-0.15, -0.1) is 0 Å². The number of aromatic nitrogens is 2. The standard InChI is InChI=1S/C6H6N3O/c1-5-2-3-7-6(9-5)8-4-10/h2-3H,1H3,(H,7,8,9,10). The van der Waals surface area contributed by atoms with E-state index in [1.165, 1.54) is 6.41 Å². The van der Waals surface area contributed by atoms with Crippen LogP contribution in [0.4, 0.5) is 5.95 Å². The summed E-state index contributed by atoms with van der Waals surface area (Å²) in [6.45, 7) is 1.82. The lowest BCUT2D eigenvalue weighted by Crippen LogP contribution is -1.99. The molecule has 0 aliphatic carbocycles. The monoisotopic (exact) mass is 136 g/mol. The fraction of sp³-hybridized carbons (Fsp3) is 0.167. The minimum atomic E-state index is 0.287. The van der Waals surface area contributed by atoms with Gasteiger partial charge in [0, 0.05) is 11.9 Å². The van der Waals surface area contributed by atoms with Crippen molar-refractivity contribution in [2.24, 2.45) is 0 Å². The molecule has 0 aromatic carbocycles. The van der Waals surface area contributed by atoms with Crippen molar-refractivity contribution in [2.45, 2.75) is 6.92 Å². The van der Waals surface area contributed by atoms with Crippen molar-refractivity contribution in [3.05, 3.63) is 18.0 Å². The van der Waals surface area contributed by atoms with Crippen molar-refractivity contribution in [1.29, 1.82) is 0 Å². The van der Waals surface area contributed by atoms with Crippen molar-refractivity contribution in [2.75, 3.05) is 5.32 Å². The zero-order valence-electron chi connectivity index (χ0n) is 5.46. The zero-order valence-corrected chi connectivity index (χ0v) is 5.46. The van der Waals surface area contributed by atoms with Crippen molar-refractivity contribution in [3.8, 4) is 0 Å². The summed E-state index contributed by atoms with van der Waals surface area (Å²) < 4.78 is 0. The van der Waals surface area contributed by atoms with Crippen LogP contribution in [0.2, 0.25) is 0 Å². The van der Waals surface area contributed by atoms with Crippen LogP contribution >= 0.6 is 0 Å². The number of hydrogen-bond donors (Lipinski definition) is 1. The van der Waals surface area contributed by atoms with Crippen molar-refractivity contribution in [1.82, 2.24) is 9.97 Å². The van der Waals surface area contributed by atoms with Crippen LogP contribution in [0.15, 0.2) is 12.3 Å². The summed E-state index contributed by atoms with van der Waals surface area (Å²) >= 11 is 0. The molecule has 10 heavy (non-hydrogen) atoms. The largest absolute Gasteiger partial charge is 0.316 e. The molecule has 51 valence electrons. The topological polar surface area (TPSA) is 54.9 Å². The smallest absolute Gasteiger partial charge is 0.286 e. The molecule has 1 aromatic heterocycles. The average Bonchev–Trinajstić information content (AvgIpc) is 1.88. The third-order valence-corrected chi connectivity index (χ3v) is 0.958. The molecule has 1 rings (SSSR count). The van der Waals surface area contributed by atoms with E-state index in [0.717, 1.165) is 5.69 Å². The predicted molar refractivity (Wildman–Crippen MR) is 36.1 cm³/mol. The summed E-state index contributed by atoms with van der Waals surface area (Å²) in [4.78, 5) is 17.4. The first-order valence-electron chi connectivity index (χ1n) is 2.76. The van der Waals surface area contributed by atoms with Gasteiger partial charge in [0.05, 0.1) is 0 Å². The molecule has 0 aliphatic heterocycles. The Hall–Kier alpha value is -1.45. The SMILES string of the molecule is Cc1ccnc(N[C]=O)n1. The Morgan fingerprint density at radius 3 is 3.10 bits per heavy atom. The van der Waals surface area contributed by atoms with Crippen LogP contribution in [0.5, 0.6) is 0 Å². The Labute approximate surface area is 58.3 Å². The van der Waals surface area contributed by atoms with Crippen LogP contribution in [0, 0.1) is 6.92 Å². The fourth-order valence-corrected chi connectivity index (χ4v) is 0.555. The highest BCUT2D eigenvalue weighted by atomic mass is 16.1. The molecule has 1 radical (unpaired) electrons. The number of amides is 1. The van der Waals surface area contributed by atoms with Gasteiger partial charge in [-0.25, -0.2) is 9.97 Å². The third-order valence-electron chi connectivity index (χ3n) is 0.958. The van der Waals surface area contributed by atoms with E-state index in [0.29, 0.717) is 0 Å². The van der Waals surface area contributed by atoms with E-state index in [9.17, 15) is 4.79 Å². The Morgan fingerprint density at radius 2 is 2.50 bits per heavy atom. The number of nitrogens with one attached hydrogen (secondary N) is 1. The van der Waals surface area contributed by atoms with Crippen LogP contribution in [-0.4, -0.2) is 16.4 Å². The molecule has 0 fully saturated rings. The molecule has 4 heteroatoms. The minimum absolute atomic E-state index is 0.287. The van der Waals surface area contributed by atoms with E-state index in [4.69, 9.17) is 0 Å². The lowest BCUT2D eigenvalue weighted by atomic mass is 10.5. The summed E-state index contributed by atoms with van der Waals surface area (Å²) in [6, 6.07) is 1.75. The van der Waals surface area contributed by atoms with Gasteiger partial charge in [-0.05, 0) is 13.0 Å². The van der Waals surface area contributed by atoms with E-state index in [1.54, 1.807) is 12.3 Å². The molecule has 0 aliphatic rings. The molecule has 1 N–H and O–H groups in total. The average molecular weight is 136 g/mol. The molecule has 1 heterocycles. The number of carbonyl (C=O) groups excluding carboxylic acids is 1. The predicted octanol–water partition coefficient (Wildman–Crippen LogP) is 0.264. The van der Waals surface area contributed by atoms with Crippen molar-refractivity contribution < 1.29 is 4.79 Å². The summed E-state index contributed by atoms with van der Waals surface area (Å²) in [7, 11) is 0. The van der Waals surface area contributed by atoms with Gasteiger partial charge in [0.1, 0.15) is 0 Å². The van der Waals surface area contributed by atoms with Crippen LogP contribution < -0.4 is 5.32 Å². The Morgan fingerprint density at radius 1 is 1.70 bits per heavy atom. The molecule has 0 bridgehead atoms. The molecule has 0 spiro atoms. The van der Waals surface area contributed by atoms with E-state index in [1.807, 2.05) is 6.92 Å². The van der Waals surface area contributed by atoms with Crippen LogP contribution in [0.25, 0.3) is 0 Å². The highest BCUT2D eigenvalue weighted by Crippen LogP contribution is 1.95. The molecule has 4 nitrogen and oxygen atoms in total. The Bertz CT molecular complexity index is 236. The normalized spacial score (nSPS) is 8.90. The lowest BCUT2D eigenvalue weighted by molar-refractivity contribution is 0.560. The summed E-state index contributed by atoms with van der Waals surface area (Å²) in [5.74, 6) is 0.287. The van der Waals surface area contributed by atoms with E-state index < -0.39 is 0 Å². The summed E-state index contributed by atoms with van der Waals surface area (Å²) in [6.07, 6.45) is 3.06. The minimum Gasteiger partial charge on any atom is -0.286 e. The first kappa shape index (κ1) is 6.67. The second kappa shape index (κ2) is 2.91.